The Morgan fingerprint density at radius 3 is 2.78 bits per heavy atom. The van der Waals surface area contributed by atoms with Crippen LogP contribution in [0.15, 0.2) is 22.7 Å². The Morgan fingerprint density at radius 2 is 2.07 bits per heavy atom. The molecule has 2 atom stereocenters. The molecule has 0 aliphatic carbocycles. The molecule has 0 saturated carbocycles. The zero-order valence-corrected chi connectivity index (χ0v) is 16.7. The Morgan fingerprint density at radius 1 is 1.30 bits per heavy atom. The molecule has 0 spiro atoms. The van der Waals surface area contributed by atoms with Gasteiger partial charge < -0.3 is 14.5 Å². The predicted molar refractivity (Wildman–Crippen MR) is 101 cm³/mol. The Balaban J connectivity index is 1.92. The van der Waals surface area contributed by atoms with E-state index in [9.17, 15) is 9.59 Å². The number of urea groups is 1. The van der Waals surface area contributed by atoms with Crippen molar-refractivity contribution in [2.24, 2.45) is 0 Å². The highest BCUT2D eigenvalue weighted by Crippen LogP contribution is 2.42. The second-order valence-electron chi connectivity index (χ2n) is 6.50. The first-order chi connectivity index (χ1) is 13.0. The number of methoxy groups -OCH3 is 1. The molecule has 1 N–H and O–H groups in total. The number of fused-ring (bicyclic) bond motifs is 3. The lowest BCUT2D eigenvalue weighted by molar-refractivity contribution is -0.124. The van der Waals surface area contributed by atoms with Gasteiger partial charge in [-0.2, -0.15) is 0 Å². The van der Waals surface area contributed by atoms with Gasteiger partial charge in [0.25, 0.3) is 5.91 Å². The molecule has 2 aliphatic heterocycles. The number of nitrogens with zero attached hydrogens (tertiary/aromatic N) is 5. The van der Waals surface area contributed by atoms with Crippen LogP contribution in [0.1, 0.15) is 19.5 Å². The van der Waals surface area contributed by atoms with E-state index in [1.165, 1.54) is 4.90 Å². The fourth-order valence-corrected chi connectivity index (χ4v) is 4.08. The molecule has 2 unspecified atom stereocenters. The number of ether oxygens (including phenoxy) is 1. The molecule has 27 heavy (non-hydrogen) atoms. The summed E-state index contributed by atoms with van der Waals surface area (Å²) in [5.41, 5.74) is 0.731. The van der Waals surface area contributed by atoms with Crippen LogP contribution in [0.3, 0.4) is 0 Å². The Bertz CT molecular complexity index is 929. The third-order valence-corrected chi connectivity index (χ3v) is 5.39. The van der Waals surface area contributed by atoms with Crippen LogP contribution >= 0.6 is 15.9 Å². The summed E-state index contributed by atoms with van der Waals surface area (Å²) >= 11 is 3.48. The second-order valence-corrected chi connectivity index (χ2v) is 7.41. The summed E-state index contributed by atoms with van der Waals surface area (Å²) in [5, 5.41) is 11.1. The van der Waals surface area contributed by atoms with Crippen molar-refractivity contribution in [1.29, 1.82) is 0 Å². The number of likely N-dealkylation sites (N-methyl/N-ethyl adjacent to an activating group) is 1. The molecule has 142 valence electrons. The summed E-state index contributed by atoms with van der Waals surface area (Å²) < 4.78 is 8.20. The lowest BCUT2D eigenvalue weighted by Crippen LogP contribution is -2.61. The van der Waals surface area contributed by atoms with Gasteiger partial charge in [-0.1, -0.05) is 22.9 Å². The predicted octanol–water partition coefficient (Wildman–Crippen LogP) is 1.99. The number of halogens is 1. The molecule has 1 fully saturated rings. The highest BCUT2D eigenvalue weighted by molar-refractivity contribution is 9.10. The minimum Gasteiger partial charge on any atom is -0.496 e. The van der Waals surface area contributed by atoms with Gasteiger partial charge in [0.05, 0.1) is 12.7 Å². The van der Waals surface area contributed by atoms with Crippen LogP contribution in [-0.4, -0.2) is 58.3 Å². The van der Waals surface area contributed by atoms with Crippen molar-refractivity contribution in [3.05, 3.63) is 22.7 Å². The minimum absolute atomic E-state index is 0.325. The normalized spacial score (nSPS) is 21.2. The van der Waals surface area contributed by atoms with Crippen LogP contribution in [0.25, 0.3) is 11.4 Å². The van der Waals surface area contributed by atoms with E-state index in [-0.39, 0.29) is 5.91 Å². The van der Waals surface area contributed by atoms with E-state index in [1.807, 2.05) is 34.6 Å². The van der Waals surface area contributed by atoms with Crippen molar-refractivity contribution >= 4 is 33.8 Å². The lowest BCUT2D eigenvalue weighted by atomic mass is 10.1. The molecular formula is C17H19BrN6O3. The molecule has 1 aromatic carbocycles. The van der Waals surface area contributed by atoms with E-state index in [1.54, 1.807) is 14.2 Å². The zero-order valence-electron chi connectivity index (χ0n) is 15.1. The molecule has 2 aliphatic rings. The number of carbonyl (C=O) groups is 2. The van der Waals surface area contributed by atoms with E-state index in [4.69, 9.17) is 4.74 Å². The van der Waals surface area contributed by atoms with Crippen molar-refractivity contribution in [1.82, 2.24) is 25.0 Å². The van der Waals surface area contributed by atoms with Gasteiger partial charge in [-0.05, 0) is 24.6 Å². The Hall–Kier alpha value is -2.62. The summed E-state index contributed by atoms with van der Waals surface area (Å²) in [5.74, 6) is 1.43. The smallest absolute Gasteiger partial charge is 0.325 e. The van der Waals surface area contributed by atoms with Crippen LogP contribution in [0, 0.1) is 0 Å². The van der Waals surface area contributed by atoms with Gasteiger partial charge in [0.1, 0.15) is 11.9 Å². The van der Waals surface area contributed by atoms with Crippen molar-refractivity contribution in [2.45, 2.75) is 25.6 Å². The number of rotatable bonds is 4. The van der Waals surface area contributed by atoms with Crippen LogP contribution < -0.4 is 15.0 Å². The van der Waals surface area contributed by atoms with Gasteiger partial charge in [-0.15, -0.1) is 10.2 Å². The molecule has 9 nitrogen and oxygen atoms in total. The SMILES string of the molecule is CCCN1c2nnc(-c3cc(Br)ccc3OC)n2C2C1C(=O)NC(=O)N2C. The number of imide groups is 1. The van der Waals surface area contributed by atoms with Gasteiger partial charge >= 0.3 is 6.03 Å². The first-order valence-corrected chi connectivity index (χ1v) is 9.40. The van der Waals surface area contributed by atoms with E-state index in [0.717, 1.165) is 16.5 Å². The third kappa shape index (κ3) is 2.58. The second kappa shape index (κ2) is 6.52. The summed E-state index contributed by atoms with van der Waals surface area (Å²) in [6.07, 6.45) is 0.304. The van der Waals surface area contributed by atoms with Crippen molar-refractivity contribution < 1.29 is 14.3 Å². The highest BCUT2D eigenvalue weighted by atomic mass is 79.9. The Labute approximate surface area is 164 Å². The molecule has 2 aromatic rings. The number of aromatic nitrogens is 3. The number of carbonyl (C=O) groups excluding carboxylic acids is 2. The number of anilines is 1. The molecule has 0 bridgehead atoms. The highest BCUT2D eigenvalue weighted by Gasteiger charge is 2.52. The summed E-state index contributed by atoms with van der Waals surface area (Å²) in [7, 11) is 3.25. The van der Waals surface area contributed by atoms with Crippen LogP contribution in [0.5, 0.6) is 5.75 Å². The average molecular weight is 435 g/mol. The largest absolute Gasteiger partial charge is 0.496 e. The number of hydrogen-bond acceptors (Lipinski definition) is 6. The van der Waals surface area contributed by atoms with Gasteiger partial charge in [0, 0.05) is 18.1 Å². The fraction of sp³-hybridized carbons (Fsp3) is 0.412. The number of nitrogens with one attached hydrogen (secondary N) is 1. The van der Waals surface area contributed by atoms with Crippen molar-refractivity contribution in [3.8, 4) is 17.1 Å². The molecule has 4 rings (SSSR count). The topological polar surface area (TPSA) is 92.6 Å². The standard InChI is InChI=1S/C17H19BrN6O3/c1-4-7-23-12-14(25)19-17(26)22(2)15(12)24-13(20-21-16(23)24)10-8-9(18)5-6-11(10)27-3/h5-6,8,12,15H,4,7H2,1-3H3,(H,19,25,26). The monoisotopic (exact) mass is 434 g/mol. The van der Waals surface area contributed by atoms with Crippen LogP contribution in [-0.2, 0) is 4.79 Å². The molecule has 3 heterocycles. The number of benzene rings is 1. The van der Waals surface area contributed by atoms with Crippen LogP contribution in [0.4, 0.5) is 10.7 Å². The number of hydrogen-bond donors (Lipinski definition) is 1. The maximum atomic E-state index is 12.6. The van der Waals surface area contributed by atoms with E-state index >= 15 is 0 Å². The molecule has 1 aromatic heterocycles. The molecule has 3 amide bonds. The molecule has 0 radical (unpaired) electrons. The fourth-order valence-electron chi connectivity index (χ4n) is 3.72. The summed E-state index contributed by atoms with van der Waals surface area (Å²) in [4.78, 5) is 28.3. The van der Waals surface area contributed by atoms with Gasteiger partial charge in [-0.3, -0.25) is 14.7 Å². The summed E-state index contributed by atoms with van der Waals surface area (Å²) in [6.45, 7) is 2.66. The van der Waals surface area contributed by atoms with Crippen molar-refractivity contribution in [2.75, 3.05) is 25.6 Å². The van der Waals surface area contributed by atoms with E-state index in [2.05, 4.69) is 31.4 Å². The average Bonchev–Trinajstić information content (AvgIpc) is 3.19. The van der Waals surface area contributed by atoms with Gasteiger partial charge in [0.2, 0.25) is 5.95 Å². The first kappa shape index (κ1) is 17.8. The van der Waals surface area contributed by atoms with E-state index < -0.39 is 18.2 Å². The molecule has 10 heteroatoms. The first-order valence-electron chi connectivity index (χ1n) is 8.61. The zero-order chi connectivity index (χ0) is 19.3. The van der Waals surface area contributed by atoms with Gasteiger partial charge in [-0.25, -0.2) is 4.79 Å². The van der Waals surface area contributed by atoms with Gasteiger partial charge in [0.15, 0.2) is 11.9 Å². The summed E-state index contributed by atoms with van der Waals surface area (Å²) in [6, 6.07) is 4.61. The van der Waals surface area contributed by atoms with E-state index in [0.29, 0.717) is 24.1 Å². The van der Waals surface area contributed by atoms with Crippen molar-refractivity contribution in [3.63, 3.8) is 0 Å². The maximum Gasteiger partial charge on any atom is 0.325 e. The quantitative estimate of drug-likeness (QED) is 0.790. The third-order valence-electron chi connectivity index (χ3n) is 4.90. The lowest BCUT2D eigenvalue weighted by Gasteiger charge is -2.37. The van der Waals surface area contributed by atoms with Crippen LogP contribution in [0.2, 0.25) is 0 Å². The Kier molecular flexibility index (Phi) is 4.29. The maximum absolute atomic E-state index is 12.6. The minimum atomic E-state index is -0.546. The molecule has 1 saturated heterocycles. The molecular weight excluding hydrogens is 416 g/mol. The number of amides is 3.